The summed E-state index contributed by atoms with van der Waals surface area (Å²) in [5.74, 6) is -0.0637. The molecule has 3 N–H and O–H groups in total. The number of nitrogens with one attached hydrogen (secondary N) is 1. The monoisotopic (exact) mass is 361 g/mol. The van der Waals surface area contributed by atoms with Gasteiger partial charge in [0.05, 0.1) is 6.42 Å². The molecule has 0 spiro atoms. The van der Waals surface area contributed by atoms with Crippen LogP contribution in [0.2, 0.25) is 0 Å². The zero-order valence-corrected chi connectivity index (χ0v) is 15.1. The molecule has 0 fully saturated rings. The topological polar surface area (TPSA) is 75.4 Å². The van der Waals surface area contributed by atoms with Crippen LogP contribution in [0, 0.1) is 0 Å². The number of carbonyl (C=O) groups is 2. The van der Waals surface area contributed by atoms with E-state index in [0.29, 0.717) is 31.6 Å². The Morgan fingerprint density at radius 1 is 1.04 bits per heavy atom. The molecule has 0 saturated heterocycles. The van der Waals surface area contributed by atoms with Crippen molar-refractivity contribution < 1.29 is 9.59 Å². The molecule has 0 aliphatic heterocycles. The fourth-order valence-electron chi connectivity index (χ4n) is 2.44. The number of benzene rings is 2. The van der Waals surface area contributed by atoms with Crippen LogP contribution in [-0.4, -0.2) is 24.9 Å². The predicted molar refractivity (Wildman–Crippen MR) is 104 cm³/mol. The van der Waals surface area contributed by atoms with Crippen LogP contribution in [0.4, 0.5) is 11.4 Å². The second-order valence-corrected chi connectivity index (χ2v) is 5.43. The van der Waals surface area contributed by atoms with Gasteiger partial charge in [-0.3, -0.25) is 9.59 Å². The van der Waals surface area contributed by atoms with Gasteiger partial charge >= 0.3 is 0 Å². The lowest BCUT2D eigenvalue weighted by Crippen LogP contribution is -2.31. The minimum absolute atomic E-state index is 0. The molecule has 0 bridgehead atoms. The highest BCUT2D eigenvalue weighted by Gasteiger charge is 2.14. The molecule has 2 aromatic rings. The molecule has 0 saturated carbocycles. The number of para-hydroxylation sites is 1. The zero-order chi connectivity index (χ0) is 17.4. The Morgan fingerprint density at radius 2 is 1.68 bits per heavy atom. The molecular weight excluding hydrogens is 338 g/mol. The summed E-state index contributed by atoms with van der Waals surface area (Å²) in [6.07, 6.45) is 0.614. The molecule has 0 unspecified atom stereocenters. The molecule has 25 heavy (non-hydrogen) atoms. The molecule has 6 heteroatoms. The lowest BCUT2D eigenvalue weighted by molar-refractivity contribution is -0.118. The largest absolute Gasteiger partial charge is 0.330 e. The Morgan fingerprint density at radius 3 is 2.24 bits per heavy atom. The van der Waals surface area contributed by atoms with E-state index in [1.165, 1.54) is 0 Å². The minimum atomic E-state index is -0.109. The normalized spacial score (nSPS) is 9.84. The first-order valence-electron chi connectivity index (χ1n) is 8.08. The Labute approximate surface area is 154 Å². The van der Waals surface area contributed by atoms with Gasteiger partial charge in [0.25, 0.3) is 0 Å². The van der Waals surface area contributed by atoms with Crippen molar-refractivity contribution in [3.63, 3.8) is 0 Å². The summed E-state index contributed by atoms with van der Waals surface area (Å²) in [6.45, 7) is 2.90. The lowest BCUT2D eigenvalue weighted by atomic mass is 10.1. The molecule has 0 aromatic heterocycles. The quantitative estimate of drug-likeness (QED) is 0.796. The number of hydrogen-bond acceptors (Lipinski definition) is 3. The van der Waals surface area contributed by atoms with Gasteiger partial charge in [0.15, 0.2) is 0 Å². The van der Waals surface area contributed by atoms with Crippen molar-refractivity contribution in [2.45, 2.75) is 19.8 Å². The summed E-state index contributed by atoms with van der Waals surface area (Å²) >= 11 is 0. The number of rotatable bonds is 7. The van der Waals surface area contributed by atoms with Gasteiger partial charge in [0.2, 0.25) is 11.8 Å². The Hall–Kier alpha value is -2.37. The number of nitrogens with two attached hydrogens (primary N) is 1. The van der Waals surface area contributed by atoms with E-state index in [0.717, 1.165) is 11.3 Å². The van der Waals surface area contributed by atoms with Crippen molar-refractivity contribution in [3.8, 4) is 0 Å². The molecule has 0 radical (unpaired) electrons. The molecule has 2 aromatic carbocycles. The molecule has 2 rings (SSSR count). The van der Waals surface area contributed by atoms with E-state index in [-0.39, 0.29) is 24.2 Å². The zero-order valence-electron chi connectivity index (χ0n) is 14.3. The van der Waals surface area contributed by atoms with Gasteiger partial charge in [-0.05, 0) is 36.8 Å². The molecule has 0 atom stereocenters. The second-order valence-electron chi connectivity index (χ2n) is 5.43. The van der Waals surface area contributed by atoms with Gasteiger partial charge < -0.3 is 16.0 Å². The molecule has 0 aliphatic carbocycles. The summed E-state index contributed by atoms with van der Waals surface area (Å²) in [5, 5.41) is 2.77. The maximum Gasteiger partial charge on any atom is 0.231 e. The van der Waals surface area contributed by atoms with Gasteiger partial charge in [0.1, 0.15) is 0 Å². The summed E-state index contributed by atoms with van der Waals surface area (Å²) in [7, 11) is 0. The van der Waals surface area contributed by atoms with Crippen molar-refractivity contribution in [1.29, 1.82) is 0 Å². The van der Waals surface area contributed by atoms with Gasteiger partial charge in [-0.15, -0.1) is 12.4 Å². The Bertz CT molecular complexity index is 675. The Balaban J connectivity index is 0.00000312. The third kappa shape index (κ3) is 6.21. The fraction of sp³-hybridized carbons (Fsp3) is 0.263. The number of anilines is 2. The predicted octanol–water partition coefficient (Wildman–Crippen LogP) is 2.99. The van der Waals surface area contributed by atoms with Crippen LogP contribution in [0.15, 0.2) is 54.6 Å². The van der Waals surface area contributed by atoms with Crippen molar-refractivity contribution >= 4 is 35.6 Å². The molecule has 0 aliphatic rings. The first-order valence-corrected chi connectivity index (χ1v) is 8.08. The summed E-state index contributed by atoms with van der Waals surface area (Å²) in [4.78, 5) is 25.8. The third-order valence-corrected chi connectivity index (χ3v) is 3.65. The average Bonchev–Trinajstić information content (AvgIpc) is 2.58. The average molecular weight is 362 g/mol. The van der Waals surface area contributed by atoms with E-state index < -0.39 is 0 Å². The summed E-state index contributed by atoms with van der Waals surface area (Å²) in [6, 6.07) is 16.9. The van der Waals surface area contributed by atoms with Gasteiger partial charge in [-0.25, -0.2) is 0 Å². The smallest absolute Gasteiger partial charge is 0.231 e. The van der Waals surface area contributed by atoms with E-state index in [4.69, 9.17) is 5.73 Å². The maximum atomic E-state index is 12.5. The van der Waals surface area contributed by atoms with Crippen LogP contribution in [0.3, 0.4) is 0 Å². The fourth-order valence-corrected chi connectivity index (χ4v) is 2.44. The minimum Gasteiger partial charge on any atom is -0.330 e. The molecule has 134 valence electrons. The van der Waals surface area contributed by atoms with Crippen LogP contribution in [0.25, 0.3) is 0 Å². The van der Waals surface area contributed by atoms with E-state index >= 15 is 0 Å². The van der Waals surface area contributed by atoms with Gasteiger partial charge in [-0.1, -0.05) is 30.3 Å². The number of amides is 2. The van der Waals surface area contributed by atoms with E-state index in [2.05, 4.69) is 5.32 Å². The van der Waals surface area contributed by atoms with Crippen molar-refractivity contribution in [2.24, 2.45) is 5.73 Å². The van der Waals surface area contributed by atoms with Gasteiger partial charge in [-0.2, -0.15) is 0 Å². The van der Waals surface area contributed by atoms with E-state index in [1.54, 1.807) is 17.0 Å². The van der Waals surface area contributed by atoms with E-state index in [1.807, 2.05) is 49.4 Å². The number of carbonyl (C=O) groups excluding carboxylic acids is 2. The van der Waals surface area contributed by atoms with Crippen molar-refractivity contribution in [3.05, 3.63) is 60.2 Å². The van der Waals surface area contributed by atoms with Crippen LogP contribution in [0.1, 0.15) is 18.9 Å². The SMILES string of the molecule is CCN(C(=O)Cc1ccc(NC(=O)CCN)cc1)c1ccccc1.Cl. The summed E-state index contributed by atoms with van der Waals surface area (Å²) < 4.78 is 0. The van der Waals surface area contributed by atoms with Crippen LogP contribution >= 0.6 is 12.4 Å². The van der Waals surface area contributed by atoms with Crippen molar-refractivity contribution in [2.75, 3.05) is 23.3 Å². The summed E-state index contributed by atoms with van der Waals surface area (Å²) in [5.41, 5.74) is 7.86. The highest BCUT2D eigenvalue weighted by molar-refractivity contribution is 5.95. The van der Waals surface area contributed by atoms with Crippen LogP contribution in [-0.2, 0) is 16.0 Å². The molecule has 5 nitrogen and oxygen atoms in total. The number of hydrogen-bond donors (Lipinski definition) is 2. The standard InChI is InChI=1S/C19H23N3O2.ClH/c1-2-22(17-6-4-3-5-7-17)19(24)14-15-8-10-16(11-9-15)21-18(23)12-13-20;/h3-11H,2,12-14,20H2,1H3,(H,21,23);1H. The molecule has 0 heterocycles. The van der Waals surface area contributed by atoms with Crippen LogP contribution in [0.5, 0.6) is 0 Å². The molecule has 2 amide bonds. The van der Waals surface area contributed by atoms with Gasteiger partial charge in [0, 0.05) is 30.9 Å². The maximum absolute atomic E-state index is 12.5. The number of halogens is 1. The molecular formula is C19H24ClN3O2. The lowest BCUT2D eigenvalue weighted by Gasteiger charge is -2.21. The Kier molecular flexibility index (Phi) is 8.67. The highest BCUT2D eigenvalue weighted by atomic mass is 35.5. The third-order valence-electron chi connectivity index (χ3n) is 3.65. The highest BCUT2D eigenvalue weighted by Crippen LogP contribution is 2.16. The first-order chi connectivity index (χ1) is 11.6. The van der Waals surface area contributed by atoms with Crippen molar-refractivity contribution in [1.82, 2.24) is 0 Å². The van der Waals surface area contributed by atoms with Crippen LogP contribution < -0.4 is 16.0 Å². The number of nitrogens with zero attached hydrogens (tertiary/aromatic N) is 1. The first kappa shape index (κ1) is 20.7. The second kappa shape index (κ2) is 10.5. The number of likely N-dealkylation sites (N-methyl/N-ethyl adjacent to an activating group) is 1. The van der Waals surface area contributed by atoms with E-state index in [9.17, 15) is 9.59 Å².